The monoisotopic (exact) mass is 443 g/mol. The fraction of sp³-hybridized carbons (Fsp3) is 0.190. The number of anilines is 1. The second kappa shape index (κ2) is 8.25. The van der Waals surface area contributed by atoms with Crippen LogP contribution in [0.4, 0.5) is 19.0 Å². The van der Waals surface area contributed by atoms with Crippen molar-refractivity contribution in [3.63, 3.8) is 0 Å². The lowest BCUT2D eigenvalue weighted by Gasteiger charge is -2.19. The zero-order valence-corrected chi connectivity index (χ0v) is 16.9. The Morgan fingerprint density at radius 1 is 1.16 bits per heavy atom. The van der Waals surface area contributed by atoms with Crippen molar-refractivity contribution in [3.05, 3.63) is 65.5 Å². The van der Waals surface area contributed by atoms with Crippen LogP contribution < -0.4 is 15.0 Å². The lowest BCUT2D eigenvalue weighted by Crippen LogP contribution is -2.49. The molecule has 1 aliphatic rings. The van der Waals surface area contributed by atoms with E-state index >= 15 is 0 Å². The fourth-order valence-corrected chi connectivity index (χ4v) is 3.24. The van der Waals surface area contributed by atoms with Gasteiger partial charge in [0.2, 0.25) is 5.82 Å². The number of aromatic nitrogens is 3. The highest BCUT2D eigenvalue weighted by atomic mass is 19.1. The van der Waals surface area contributed by atoms with E-state index < -0.39 is 41.1 Å². The van der Waals surface area contributed by atoms with Crippen LogP contribution in [0.1, 0.15) is 16.2 Å². The molecule has 8 nitrogen and oxygen atoms in total. The van der Waals surface area contributed by atoms with Crippen molar-refractivity contribution in [1.82, 2.24) is 20.3 Å². The molecule has 2 amide bonds. The van der Waals surface area contributed by atoms with E-state index in [1.54, 1.807) is 6.92 Å². The van der Waals surface area contributed by atoms with Crippen molar-refractivity contribution in [2.24, 2.45) is 0 Å². The predicted octanol–water partition coefficient (Wildman–Crippen LogP) is 2.42. The van der Waals surface area contributed by atoms with Gasteiger partial charge in [-0.15, -0.1) is 0 Å². The highest BCUT2D eigenvalue weighted by molar-refractivity contribution is 6.01. The summed E-state index contributed by atoms with van der Waals surface area (Å²) in [4.78, 5) is 38.1. The Morgan fingerprint density at radius 3 is 2.69 bits per heavy atom. The van der Waals surface area contributed by atoms with Gasteiger partial charge in [-0.05, 0) is 30.7 Å². The average Bonchev–Trinajstić information content (AvgIpc) is 2.86. The van der Waals surface area contributed by atoms with Crippen LogP contribution in [0.25, 0.3) is 11.3 Å². The molecule has 0 saturated carbocycles. The van der Waals surface area contributed by atoms with Crippen molar-refractivity contribution in [2.45, 2.75) is 13.0 Å². The van der Waals surface area contributed by atoms with Gasteiger partial charge in [0.25, 0.3) is 11.8 Å². The van der Waals surface area contributed by atoms with Crippen LogP contribution in [0.2, 0.25) is 0 Å². The van der Waals surface area contributed by atoms with Crippen LogP contribution in [0.15, 0.2) is 36.7 Å². The van der Waals surface area contributed by atoms with Gasteiger partial charge in [0.05, 0.1) is 12.4 Å². The van der Waals surface area contributed by atoms with E-state index in [4.69, 9.17) is 4.74 Å². The summed E-state index contributed by atoms with van der Waals surface area (Å²) in [5.41, 5.74) is 0.522. The summed E-state index contributed by atoms with van der Waals surface area (Å²) in [6.07, 6.45) is 1.76. The van der Waals surface area contributed by atoms with Gasteiger partial charge >= 0.3 is 0 Å². The van der Waals surface area contributed by atoms with E-state index in [2.05, 4.69) is 20.3 Å². The Kier molecular flexibility index (Phi) is 5.47. The summed E-state index contributed by atoms with van der Waals surface area (Å²) < 4.78 is 46.6. The SMILES string of the molecule is Cc1cc(F)ccc1-c1nc(C(=O)NC2COc3cc(F)cnc3N(C)C2=O)ncc1F. The number of benzene rings is 1. The number of aryl methyl sites for hydroxylation is 1. The van der Waals surface area contributed by atoms with Crippen molar-refractivity contribution >= 4 is 17.6 Å². The van der Waals surface area contributed by atoms with Crippen molar-refractivity contribution in [2.75, 3.05) is 18.6 Å². The number of carbonyl (C=O) groups is 2. The van der Waals surface area contributed by atoms with Gasteiger partial charge in [-0.3, -0.25) is 14.5 Å². The number of ether oxygens (including phenoxy) is 1. The van der Waals surface area contributed by atoms with Crippen molar-refractivity contribution in [1.29, 1.82) is 0 Å². The van der Waals surface area contributed by atoms with Gasteiger partial charge in [0.15, 0.2) is 17.4 Å². The summed E-state index contributed by atoms with van der Waals surface area (Å²) in [5, 5.41) is 2.44. The summed E-state index contributed by atoms with van der Waals surface area (Å²) in [6.45, 7) is 1.28. The molecular weight excluding hydrogens is 427 g/mol. The molecule has 3 aromatic rings. The first-order valence-corrected chi connectivity index (χ1v) is 9.40. The quantitative estimate of drug-likeness (QED) is 0.668. The molecule has 1 atom stereocenters. The van der Waals surface area contributed by atoms with Crippen LogP contribution in [-0.2, 0) is 4.79 Å². The van der Waals surface area contributed by atoms with Crippen LogP contribution in [0.5, 0.6) is 5.75 Å². The number of hydrogen-bond acceptors (Lipinski definition) is 6. The Bertz CT molecular complexity index is 1240. The number of carbonyl (C=O) groups excluding carboxylic acids is 2. The van der Waals surface area contributed by atoms with E-state index in [1.165, 1.54) is 19.2 Å². The maximum Gasteiger partial charge on any atom is 0.289 e. The Balaban J connectivity index is 1.59. The molecule has 4 rings (SSSR count). The molecule has 0 radical (unpaired) electrons. The standard InChI is InChI=1S/C21H16F3N5O3/c1-10-5-11(22)3-4-13(10)17-14(24)8-25-18(28-17)20(30)27-15-9-32-16-6-12(23)7-26-19(16)29(2)21(15)31/h3-8,15H,9H2,1-2H3,(H,27,30). The van der Waals surface area contributed by atoms with E-state index in [-0.39, 0.29) is 29.4 Å². The molecule has 0 fully saturated rings. The number of likely N-dealkylation sites (N-methyl/N-ethyl adjacent to an activating group) is 1. The van der Waals surface area contributed by atoms with Gasteiger partial charge in [-0.25, -0.2) is 28.1 Å². The normalized spacial score (nSPS) is 15.6. The van der Waals surface area contributed by atoms with E-state index in [1.807, 2.05) is 0 Å². The average molecular weight is 443 g/mol. The number of hydrogen-bond donors (Lipinski definition) is 1. The van der Waals surface area contributed by atoms with Gasteiger partial charge in [0, 0.05) is 18.7 Å². The molecule has 1 unspecified atom stereocenters. The zero-order valence-electron chi connectivity index (χ0n) is 16.9. The molecule has 3 heterocycles. The zero-order chi connectivity index (χ0) is 23.0. The number of amides is 2. The van der Waals surface area contributed by atoms with Crippen LogP contribution in [0, 0.1) is 24.4 Å². The molecule has 32 heavy (non-hydrogen) atoms. The van der Waals surface area contributed by atoms with E-state index in [9.17, 15) is 22.8 Å². The minimum atomic E-state index is -1.16. The van der Waals surface area contributed by atoms with Gasteiger partial charge in [-0.1, -0.05) is 0 Å². The first kappa shape index (κ1) is 21.2. The molecule has 11 heteroatoms. The van der Waals surface area contributed by atoms with Gasteiger partial charge in [-0.2, -0.15) is 0 Å². The minimum absolute atomic E-state index is 0.0460. The number of rotatable bonds is 3. The first-order valence-electron chi connectivity index (χ1n) is 9.40. The Labute approximate surface area is 180 Å². The molecule has 2 aromatic heterocycles. The second-order valence-electron chi connectivity index (χ2n) is 7.06. The van der Waals surface area contributed by atoms with Crippen molar-refractivity contribution < 1.29 is 27.5 Å². The van der Waals surface area contributed by atoms with Crippen molar-refractivity contribution in [3.8, 4) is 17.0 Å². The highest BCUT2D eigenvalue weighted by Gasteiger charge is 2.32. The third-order valence-corrected chi connectivity index (χ3v) is 4.85. The highest BCUT2D eigenvalue weighted by Crippen LogP contribution is 2.29. The molecule has 1 aromatic carbocycles. The van der Waals surface area contributed by atoms with Crippen LogP contribution in [0.3, 0.4) is 0 Å². The largest absolute Gasteiger partial charge is 0.487 e. The molecule has 0 bridgehead atoms. The first-order chi connectivity index (χ1) is 15.2. The number of nitrogens with zero attached hydrogens (tertiary/aromatic N) is 4. The molecule has 0 aliphatic carbocycles. The summed E-state index contributed by atoms with van der Waals surface area (Å²) in [6, 6.07) is 3.63. The fourth-order valence-electron chi connectivity index (χ4n) is 3.24. The number of fused-ring (bicyclic) bond motifs is 1. The van der Waals surface area contributed by atoms with Gasteiger partial charge < -0.3 is 10.1 Å². The van der Waals surface area contributed by atoms with Gasteiger partial charge in [0.1, 0.15) is 30.0 Å². The maximum absolute atomic E-state index is 14.3. The molecule has 0 spiro atoms. The third-order valence-electron chi connectivity index (χ3n) is 4.85. The molecule has 1 N–H and O–H groups in total. The number of nitrogens with one attached hydrogen (secondary N) is 1. The molecular formula is C21H16F3N5O3. The lowest BCUT2D eigenvalue weighted by molar-refractivity contribution is -0.120. The molecule has 1 aliphatic heterocycles. The van der Waals surface area contributed by atoms with E-state index in [0.717, 1.165) is 29.4 Å². The summed E-state index contributed by atoms with van der Waals surface area (Å²) >= 11 is 0. The summed E-state index contributed by atoms with van der Waals surface area (Å²) in [7, 11) is 1.41. The molecule has 0 saturated heterocycles. The summed E-state index contributed by atoms with van der Waals surface area (Å²) in [5.74, 6) is -3.61. The topological polar surface area (TPSA) is 97.3 Å². The molecule has 164 valence electrons. The Hall–Kier alpha value is -4.02. The predicted molar refractivity (Wildman–Crippen MR) is 106 cm³/mol. The van der Waals surface area contributed by atoms with Crippen LogP contribution >= 0.6 is 0 Å². The number of pyridine rings is 1. The maximum atomic E-state index is 14.3. The minimum Gasteiger partial charge on any atom is -0.487 e. The smallest absolute Gasteiger partial charge is 0.289 e. The van der Waals surface area contributed by atoms with Crippen LogP contribution in [-0.4, -0.2) is 46.5 Å². The third kappa shape index (κ3) is 3.96. The van der Waals surface area contributed by atoms with E-state index in [0.29, 0.717) is 5.56 Å². The number of halogens is 3. The second-order valence-corrected chi connectivity index (χ2v) is 7.06. The lowest BCUT2D eigenvalue weighted by atomic mass is 10.1. The Morgan fingerprint density at radius 2 is 1.94 bits per heavy atom.